The number of hydrogen-bond donors (Lipinski definition) is 6. The number of allylic oxidation sites excluding steroid dienone is 1. The Bertz CT molecular complexity index is 1190. The first kappa shape index (κ1) is 32.9. The maximum atomic E-state index is 13.0. The van der Waals surface area contributed by atoms with E-state index < -0.39 is 59.5 Å². The monoisotopic (exact) mass is 620 g/mol. The number of rotatable bonds is 4. The molecule has 1 saturated heterocycles. The second-order valence-corrected chi connectivity index (χ2v) is 17.2. The fraction of sp³-hybridized carbons (Fsp3) is 0.914. The summed E-state index contributed by atoms with van der Waals surface area (Å²) in [4.78, 5) is 13.0. The van der Waals surface area contributed by atoms with Crippen molar-refractivity contribution in [3.05, 3.63) is 11.6 Å². The molecule has 1 aliphatic heterocycles. The Labute approximate surface area is 262 Å². The van der Waals surface area contributed by atoms with Crippen molar-refractivity contribution >= 4 is 5.97 Å². The second-order valence-electron chi connectivity index (χ2n) is 17.2. The molecule has 0 bridgehead atoms. The van der Waals surface area contributed by atoms with Crippen molar-refractivity contribution in [2.75, 3.05) is 13.2 Å². The first-order valence-corrected chi connectivity index (χ1v) is 17.0. The van der Waals surface area contributed by atoms with E-state index in [1.165, 1.54) is 5.57 Å². The number of ether oxygens (including phenoxy) is 2. The molecule has 5 fully saturated rings. The number of aliphatic hydroxyl groups excluding tert-OH is 5. The minimum absolute atomic E-state index is 0.0851. The van der Waals surface area contributed by atoms with Crippen molar-refractivity contribution in [1.82, 2.24) is 0 Å². The molecule has 0 aromatic heterocycles. The van der Waals surface area contributed by atoms with Gasteiger partial charge in [0.2, 0.25) is 0 Å². The molecule has 9 nitrogen and oxygen atoms in total. The van der Waals surface area contributed by atoms with Crippen molar-refractivity contribution < 1.29 is 44.9 Å². The van der Waals surface area contributed by atoms with Crippen molar-refractivity contribution in [3.63, 3.8) is 0 Å². The molecule has 44 heavy (non-hydrogen) atoms. The van der Waals surface area contributed by atoms with E-state index in [2.05, 4.69) is 47.6 Å². The van der Waals surface area contributed by atoms with Crippen molar-refractivity contribution in [1.29, 1.82) is 0 Å². The van der Waals surface area contributed by atoms with E-state index in [0.29, 0.717) is 31.6 Å². The average Bonchev–Trinajstić information content (AvgIpc) is 2.96. The van der Waals surface area contributed by atoms with Crippen LogP contribution < -0.4 is 0 Å². The Kier molecular flexibility index (Phi) is 7.81. The molecule has 4 saturated carbocycles. The van der Waals surface area contributed by atoms with Gasteiger partial charge in [0.25, 0.3) is 0 Å². The van der Waals surface area contributed by atoms with Crippen LogP contribution in [0.5, 0.6) is 0 Å². The molecule has 14 atom stereocenters. The summed E-state index contributed by atoms with van der Waals surface area (Å²) in [6.07, 6.45) is 3.02. The van der Waals surface area contributed by atoms with Crippen LogP contribution in [0.1, 0.15) is 99.3 Å². The molecular formula is C35H56O9. The highest BCUT2D eigenvalue weighted by Crippen LogP contribution is 2.76. The van der Waals surface area contributed by atoms with Crippen LogP contribution in [0, 0.1) is 50.2 Å². The van der Waals surface area contributed by atoms with E-state index in [1.807, 2.05) is 0 Å². The van der Waals surface area contributed by atoms with Crippen molar-refractivity contribution in [2.24, 2.45) is 50.2 Å². The van der Waals surface area contributed by atoms with Gasteiger partial charge in [-0.15, -0.1) is 0 Å². The lowest BCUT2D eigenvalue weighted by molar-refractivity contribution is -0.312. The first-order valence-electron chi connectivity index (χ1n) is 17.0. The second kappa shape index (κ2) is 10.5. The first-order chi connectivity index (χ1) is 20.4. The lowest BCUT2D eigenvalue weighted by Gasteiger charge is -2.71. The summed E-state index contributed by atoms with van der Waals surface area (Å²) in [7, 11) is 0. The molecule has 6 aliphatic rings. The Morgan fingerprint density at radius 2 is 1.59 bits per heavy atom. The van der Waals surface area contributed by atoms with E-state index in [1.54, 1.807) is 0 Å². The van der Waals surface area contributed by atoms with Crippen LogP contribution in [0.2, 0.25) is 0 Å². The molecule has 9 heteroatoms. The summed E-state index contributed by atoms with van der Waals surface area (Å²) in [6, 6.07) is 0. The Hall–Kier alpha value is -1.07. The third kappa shape index (κ3) is 4.18. The quantitative estimate of drug-likeness (QED) is 0.204. The van der Waals surface area contributed by atoms with Gasteiger partial charge in [0.15, 0.2) is 6.29 Å². The fourth-order valence-corrected chi connectivity index (χ4v) is 11.9. The molecule has 6 N–H and O–H groups in total. The zero-order chi connectivity index (χ0) is 32.3. The van der Waals surface area contributed by atoms with Crippen LogP contribution in [0.3, 0.4) is 0 Å². The van der Waals surface area contributed by atoms with E-state index in [9.17, 15) is 35.4 Å². The third-order valence-electron chi connectivity index (χ3n) is 15.1. The van der Waals surface area contributed by atoms with E-state index >= 15 is 0 Å². The zero-order valence-electron chi connectivity index (χ0n) is 27.5. The summed E-state index contributed by atoms with van der Waals surface area (Å²) in [5.74, 6) is -0.732. The summed E-state index contributed by atoms with van der Waals surface area (Å²) >= 11 is 0. The van der Waals surface area contributed by atoms with Gasteiger partial charge in [0, 0.05) is 11.3 Å². The lowest BCUT2D eigenvalue weighted by atomic mass is 9.33. The molecule has 1 heterocycles. The molecule has 0 aromatic rings. The van der Waals surface area contributed by atoms with Crippen LogP contribution >= 0.6 is 0 Å². The van der Waals surface area contributed by atoms with Gasteiger partial charge in [-0.25, -0.2) is 0 Å². The molecular weight excluding hydrogens is 564 g/mol. The van der Waals surface area contributed by atoms with Gasteiger partial charge < -0.3 is 40.1 Å². The van der Waals surface area contributed by atoms with Gasteiger partial charge in [-0.1, -0.05) is 53.2 Å². The zero-order valence-corrected chi connectivity index (χ0v) is 27.5. The molecule has 0 spiro atoms. The minimum atomic E-state index is -1.38. The number of carbonyl (C=O) groups is 1. The van der Waals surface area contributed by atoms with Gasteiger partial charge >= 0.3 is 5.97 Å². The van der Waals surface area contributed by atoms with Gasteiger partial charge in [-0.05, 0) is 91.3 Å². The van der Waals surface area contributed by atoms with Gasteiger partial charge in [0.1, 0.15) is 18.3 Å². The number of aliphatic hydroxyl groups is 5. The van der Waals surface area contributed by atoms with Crippen molar-refractivity contribution in [2.45, 2.75) is 136 Å². The molecule has 5 aliphatic carbocycles. The minimum Gasteiger partial charge on any atom is -0.481 e. The Balaban J connectivity index is 1.34. The summed E-state index contributed by atoms with van der Waals surface area (Å²) in [5.41, 5.74) is -1.21. The molecule has 6 rings (SSSR count). The van der Waals surface area contributed by atoms with E-state index in [4.69, 9.17) is 9.47 Å². The number of hydrogen-bond acceptors (Lipinski definition) is 8. The highest BCUT2D eigenvalue weighted by atomic mass is 16.7. The SMILES string of the molecule is CC1(C)CC[C@]2(C(=O)O)CC[C@]3(C)C(=CC[C@@H]4[C@@]5(C)CC[C@H](O[C@@H]6OC[C@@H](O)[C@H](O)[C@H]6O)[C@](C)(CO)[C@@H]5CC[C@]43C)[C@@H]2[C@@H]1O. The van der Waals surface area contributed by atoms with Crippen molar-refractivity contribution in [3.8, 4) is 0 Å². The topological polar surface area (TPSA) is 157 Å². The number of carboxylic acid groups (broad SMARTS) is 1. The van der Waals surface area contributed by atoms with Crippen LogP contribution in [0.15, 0.2) is 11.6 Å². The highest BCUT2D eigenvalue weighted by Gasteiger charge is 2.71. The van der Waals surface area contributed by atoms with Crippen LogP contribution in [-0.4, -0.2) is 86.6 Å². The normalized spacial score (nSPS) is 55.1. The maximum absolute atomic E-state index is 13.0. The average molecular weight is 621 g/mol. The molecule has 0 amide bonds. The van der Waals surface area contributed by atoms with E-state index in [0.717, 1.165) is 32.1 Å². The molecule has 0 unspecified atom stereocenters. The largest absolute Gasteiger partial charge is 0.481 e. The summed E-state index contributed by atoms with van der Waals surface area (Å²) in [5, 5.41) is 64.2. The Morgan fingerprint density at radius 3 is 2.25 bits per heavy atom. The lowest BCUT2D eigenvalue weighted by Crippen LogP contribution is -2.67. The van der Waals surface area contributed by atoms with E-state index in [-0.39, 0.29) is 40.8 Å². The summed E-state index contributed by atoms with van der Waals surface area (Å²) in [6.45, 7) is 13.2. The molecule has 0 radical (unpaired) electrons. The predicted octanol–water partition coefficient (Wildman–Crippen LogP) is 3.64. The van der Waals surface area contributed by atoms with Crippen LogP contribution in [-0.2, 0) is 14.3 Å². The smallest absolute Gasteiger partial charge is 0.310 e. The standard InChI is InChI=1S/C35H56O9/c1-30(2)13-15-35(29(41)42)16-14-33(5)19(24(35)27(30)40)7-8-22-31(3)11-10-23(44-28-26(39)25(38)20(37)17-43-28)32(4,18-36)21(31)9-12-34(22,33)6/h7,20-28,36-40H,8-18H2,1-6H3,(H,41,42)/t20-,21-,22-,23+,24-,25+,26-,27+,28+,31+,32-,33-,34-,35+/m1/s1. The fourth-order valence-electron chi connectivity index (χ4n) is 11.9. The van der Waals surface area contributed by atoms with Crippen LogP contribution in [0.25, 0.3) is 0 Å². The number of fused-ring (bicyclic) bond motifs is 7. The van der Waals surface area contributed by atoms with Gasteiger partial charge in [-0.3, -0.25) is 4.79 Å². The molecule has 250 valence electrons. The maximum Gasteiger partial charge on any atom is 0.310 e. The number of aliphatic carboxylic acids is 1. The molecule has 0 aromatic carbocycles. The van der Waals surface area contributed by atoms with Crippen LogP contribution in [0.4, 0.5) is 0 Å². The number of carboxylic acids is 1. The highest BCUT2D eigenvalue weighted by molar-refractivity contribution is 5.77. The van der Waals surface area contributed by atoms with Gasteiger partial charge in [-0.2, -0.15) is 0 Å². The third-order valence-corrected chi connectivity index (χ3v) is 15.1. The van der Waals surface area contributed by atoms with Gasteiger partial charge in [0.05, 0.1) is 30.8 Å². The summed E-state index contributed by atoms with van der Waals surface area (Å²) < 4.78 is 12.0. The Morgan fingerprint density at radius 1 is 0.909 bits per heavy atom. The predicted molar refractivity (Wildman–Crippen MR) is 162 cm³/mol.